The Labute approximate surface area is 144 Å². The van der Waals surface area contributed by atoms with Gasteiger partial charge in [0, 0.05) is 5.69 Å². The van der Waals surface area contributed by atoms with Crippen LogP contribution in [0.1, 0.15) is 43.4 Å². The van der Waals surface area contributed by atoms with Gasteiger partial charge in [0.05, 0.1) is 12.3 Å². The van der Waals surface area contributed by atoms with Crippen molar-refractivity contribution in [1.82, 2.24) is 5.43 Å². The number of carbonyl (C=O) groups excluding carboxylic acids is 1. The Balaban J connectivity index is 1.89. The number of benzene rings is 2. The van der Waals surface area contributed by atoms with E-state index in [0.29, 0.717) is 5.92 Å². The minimum atomic E-state index is -0.170. The number of carbonyl (C=O) groups is 1. The highest BCUT2D eigenvalue weighted by molar-refractivity contribution is 5.99. The Morgan fingerprint density at radius 2 is 1.75 bits per heavy atom. The summed E-state index contributed by atoms with van der Waals surface area (Å²) in [5.74, 6) is 0.333. The predicted octanol–water partition coefficient (Wildman–Crippen LogP) is 4.07. The molecule has 4 heteroatoms. The summed E-state index contributed by atoms with van der Waals surface area (Å²) in [5.41, 5.74) is 7.74. The first-order valence-electron chi connectivity index (χ1n) is 8.20. The number of hydrazone groups is 1. The van der Waals surface area contributed by atoms with Crippen molar-refractivity contribution in [3.8, 4) is 0 Å². The zero-order chi connectivity index (χ0) is 17.5. The van der Waals surface area contributed by atoms with Gasteiger partial charge in [-0.1, -0.05) is 56.3 Å². The van der Waals surface area contributed by atoms with E-state index in [2.05, 4.69) is 41.8 Å². The van der Waals surface area contributed by atoms with Crippen LogP contribution in [0.25, 0.3) is 0 Å². The van der Waals surface area contributed by atoms with E-state index in [1.54, 1.807) is 0 Å². The molecule has 0 radical (unpaired) electrons. The van der Waals surface area contributed by atoms with Crippen molar-refractivity contribution in [1.29, 1.82) is 0 Å². The van der Waals surface area contributed by atoms with Gasteiger partial charge in [0.2, 0.25) is 0 Å². The molecule has 0 spiro atoms. The van der Waals surface area contributed by atoms with Crippen LogP contribution >= 0.6 is 0 Å². The van der Waals surface area contributed by atoms with Crippen LogP contribution in [0.5, 0.6) is 0 Å². The molecular weight excluding hydrogens is 298 g/mol. The number of aryl methyl sites for hydroxylation is 1. The molecule has 24 heavy (non-hydrogen) atoms. The molecule has 0 aliphatic heterocycles. The number of hydrogen-bond acceptors (Lipinski definition) is 3. The summed E-state index contributed by atoms with van der Waals surface area (Å²) in [5, 5.41) is 7.30. The molecule has 0 saturated carbocycles. The average molecular weight is 323 g/mol. The normalized spacial score (nSPS) is 11.5. The third-order valence-electron chi connectivity index (χ3n) is 3.93. The summed E-state index contributed by atoms with van der Waals surface area (Å²) < 4.78 is 0. The summed E-state index contributed by atoms with van der Waals surface area (Å²) in [6.07, 6.45) is 0. The lowest BCUT2D eigenvalue weighted by molar-refractivity contribution is -0.119. The van der Waals surface area contributed by atoms with E-state index >= 15 is 0 Å². The van der Waals surface area contributed by atoms with Crippen LogP contribution in [0.15, 0.2) is 53.6 Å². The Morgan fingerprint density at radius 1 is 1.08 bits per heavy atom. The molecule has 0 atom stereocenters. The molecule has 2 aromatic rings. The Hall–Kier alpha value is -2.62. The van der Waals surface area contributed by atoms with Crippen molar-refractivity contribution in [3.05, 3.63) is 65.2 Å². The van der Waals surface area contributed by atoms with E-state index in [9.17, 15) is 4.79 Å². The highest BCUT2D eigenvalue weighted by Gasteiger charge is 2.04. The maximum Gasteiger partial charge on any atom is 0.259 e. The first kappa shape index (κ1) is 17.7. The number of anilines is 1. The van der Waals surface area contributed by atoms with Crippen LogP contribution in [0, 0.1) is 6.92 Å². The van der Waals surface area contributed by atoms with Crippen LogP contribution in [0.4, 0.5) is 5.69 Å². The van der Waals surface area contributed by atoms with E-state index in [-0.39, 0.29) is 12.5 Å². The van der Waals surface area contributed by atoms with Crippen molar-refractivity contribution < 1.29 is 4.79 Å². The van der Waals surface area contributed by atoms with Gasteiger partial charge in [-0.05, 0) is 42.5 Å². The minimum absolute atomic E-state index is 0.170. The van der Waals surface area contributed by atoms with Crippen molar-refractivity contribution in [2.24, 2.45) is 5.10 Å². The molecule has 0 saturated heterocycles. The van der Waals surface area contributed by atoms with Crippen LogP contribution < -0.4 is 10.7 Å². The summed E-state index contributed by atoms with van der Waals surface area (Å²) in [4.78, 5) is 11.9. The molecule has 0 unspecified atom stereocenters. The molecule has 126 valence electrons. The quantitative estimate of drug-likeness (QED) is 0.622. The molecule has 2 rings (SSSR count). The number of amides is 1. The van der Waals surface area contributed by atoms with E-state index in [1.165, 1.54) is 5.56 Å². The lowest BCUT2D eigenvalue weighted by atomic mass is 10.0. The van der Waals surface area contributed by atoms with E-state index in [1.807, 2.05) is 50.2 Å². The predicted molar refractivity (Wildman–Crippen MR) is 101 cm³/mol. The van der Waals surface area contributed by atoms with Gasteiger partial charge in [-0.15, -0.1) is 0 Å². The number of hydrogen-bond donors (Lipinski definition) is 2. The fraction of sp³-hybridized carbons (Fsp3) is 0.300. The maximum atomic E-state index is 11.9. The molecular formula is C20H25N3O. The van der Waals surface area contributed by atoms with Crippen molar-refractivity contribution in [2.75, 3.05) is 11.9 Å². The van der Waals surface area contributed by atoms with Crippen LogP contribution in [0.3, 0.4) is 0 Å². The first-order valence-corrected chi connectivity index (χ1v) is 8.20. The summed E-state index contributed by atoms with van der Waals surface area (Å²) in [7, 11) is 0. The summed E-state index contributed by atoms with van der Waals surface area (Å²) in [6.45, 7) is 8.41. The first-order chi connectivity index (χ1) is 11.5. The van der Waals surface area contributed by atoms with Crippen LogP contribution in [-0.2, 0) is 4.79 Å². The second kappa shape index (κ2) is 8.29. The lowest BCUT2D eigenvalue weighted by Crippen LogP contribution is -2.27. The lowest BCUT2D eigenvalue weighted by Gasteiger charge is -2.09. The number of para-hydroxylation sites is 1. The molecule has 0 heterocycles. The van der Waals surface area contributed by atoms with Gasteiger partial charge in [-0.25, -0.2) is 5.43 Å². The van der Waals surface area contributed by atoms with Gasteiger partial charge in [0.1, 0.15) is 0 Å². The van der Waals surface area contributed by atoms with Crippen molar-refractivity contribution in [3.63, 3.8) is 0 Å². The van der Waals surface area contributed by atoms with Gasteiger partial charge in [-0.3, -0.25) is 4.79 Å². The Morgan fingerprint density at radius 3 is 2.38 bits per heavy atom. The highest BCUT2D eigenvalue weighted by Crippen LogP contribution is 2.15. The number of nitrogens with one attached hydrogen (secondary N) is 2. The smallest absolute Gasteiger partial charge is 0.259 e. The van der Waals surface area contributed by atoms with Gasteiger partial charge in [0.25, 0.3) is 5.91 Å². The molecule has 2 aromatic carbocycles. The van der Waals surface area contributed by atoms with E-state index in [0.717, 1.165) is 22.5 Å². The second-order valence-corrected chi connectivity index (χ2v) is 6.18. The maximum absolute atomic E-state index is 11.9. The minimum Gasteiger partial charge on any atom is -0.376 e. The fourth-order valence-electron chi connectivity index (χ4n) is 2.31. The summed E-state index contributed by atoms with van der Waals surface area (Å²) in [6, 6.07) is 16.1. The topological polar surface area (TPSA) is 53.5 Å². The molecule has 0 aliphatic carbocycles. The molecule has 0 aliphatic rings. The SMILES string of the molecule is C/C(=N\NC(=O)CNc1ccccc1C)c1ccc(C(C)C)cc1. The summed E-state index contributed by atoms with van der Waals surface area (Å²) >= 11 is 0. The van der Waals surface area contributed by atoms with Gasteiger partial charge >= 0.3 is 0 Å². The van der Waals surface area contributed by atoms with Crippen LogP contribution in [-0.4, -0.2) is 18.2 Å². The second-order valence-electron chi connectivity index (χ2n) is 6.18. The van der Waals surface area contributed by atoms with Crippen molar-refractivity contribution >= 4 is 17.3 Å². The fourth-order valence-corrected chi connectivity index (χ4v) is 2.31. The Bertz CT molecular complexity index is 718. The molecule has 1 amide bonds. The molecule has 4 nitrogen and oxygen atoms in total. The van der Waals surface area contributed by atoms with Crippen LogP contribution in [0.2, 0.25) is 0 Å². The van der Waals surface area contributed by atoms with Gasteiger partial charge in [-0.2, -0.15) is 5.10 Å². The zero-order valence-corrected chi connectivity index (χ0v) is 14.8. The zero-order valence-electron chi connectivity index (χ0n) is 14.8. The molecule has 2 N–H and O–H groups in total. The average Bonchev–Trinajstić information content (AvgIpc) is 2.59. The Kier molecular flexibility index (Phi) is 6.13. The highest BCUT2D eigenvalue weighted by atomic mass is 16.2. The van der Waals surface area contributed by atoms with E-state index < -0.39 is 0 Å². The van der Waals surface area contributed by atoms with Crippen molar-refractivity contribution in [2.45, 2.75) is 33.6 Å². The molecule has 0 aromatic heterocycles. The molecule has 0 bridgehead atoms. The number of rotatable bonds is 6. The number of nitrogens with zero attached hydrogens (tertiary/aromatic N) is 1. The monoisotopic (exact) mass is 323 g/mol. The third-order valence-corrected chi connectivity index (χ3v) is 3.93. The largest absolute Gasteiger partial charge is 0.376 e. The molecule has 0 fully saturated rings. The van der Waals surface area contributed by atoms with Gasteiger partial charge < -0.3 is 5.32 Å². The third kappa shape index (κ3) is 4.95. The standard InChI is InChI=1S/C20H25N3O/c1-14(2)17-9-11-18(12-10-17)16(4)22-23-20(24)13-21-19-8-6-5-7-15(19)3/h5-12,14,21H,13H2,1-4H3,(H,23,24)/b22-16+. The van der Waals surface area contributed by atoms with E-state index in [4.69, 9.17) is 0 Å². The van der Waals surface area contributed by atoms with Gasteiger partial charge in [0.15, 0.2) is 0 Å².